The van der Waals surface area contributed by atoms with Crippen molar-refractivity contribution in [2.45, 2.75) is 20.3 Å². The molecule has 3 rings (SSSR count). The number of aromatic amines is 1. The van der Waals surface area contributed by atoms with Gasteiger partial charge in [-0.1, -0.05) is 19.1 Å². The molecule has 1 heterocycles. The molecular formula is C22H25N3O3. The Kier molecular flexibility index (Phi) is 5.68. The van der Waals surface area contributed by atoms with Gasteiger partial charge in [-0.15, -0.1) is 0 Å². The van der Waals surface area contributed by atoms with E-state index in [1.165, 1.54) is 0 Å². The highest BCUT2D eigenvalue weighted by Crippen LogP contribution is 2.33. The predicted molar refractivity (Wildman–Crippen MR) is 111 cm³/mol. The molecule has 28 heavy (non-hydrogen) atoms. The SMILES string of the molecule is CCC(=O)Oc1ccc(-c2nc(-c3ccc(N(C)C)cc3)c(C)[nH]2)cc1OC. The number of esters is 1. The Bertz CT molecular complexity index is 975. The van der Waals surface area contributed by atoms with E-state index in [4.69, 9.17) is 14.5 Å². The fourth-order valence-corrected chi connectivity index (χ4v) is 2.89. The summed E-state index contributed by atoms with van der Waals surface area (Å²) in [5.74, 6) is 1.32. The first-order valence-electron chi connectivity index (χ1n) is 9.16. The summed E-state index contributed by atoms with van der Waals surface area (Å²) in [5.41, 5.74) is 4.92. The number of benzene rings is 2. The van der Waals surface area contributed by atoms with Gasteiger partial charge in [0.25, 0.3) is 0 Å². The standard InChI is InChI=1S/C22H25N3O3/c1-6-20(26)28-18-12-9-16(13-19(18)27-5)22-23-14(2)21(24-22)15-7-10-17(11-8-15)25(3)4/h7-13H,6H2,1-5H3,(H,23,24). The number of imidazole rings is 1. The summed E-state index contributed by atoms with van der Waals surface area (Å²) < 4.78 is 10.7. The molecule has 0 unspecified atom stereocenters. The van der Waals surface area contributed by atoms with Crippen LogP contribution < -0.4 is 14.4 Å². The average Bonchev–Trinajstić information content (AvgIpc) is 3.09. The summed E-state index contributed by atoms with van der Waals surface area (Å²) in [5, 5.41) is 0. The average molecular weight is 379 g/mol. The molecule has 6 nitrogen and oxygen atoms in total. The zero-order chi connectivity index (χ0) is 20.3. The van der Waals surface area contributed by atoms with Gasteiger partial charge in [0, 0.05) is 43.0 Å². The lowest BCUT2D eigenvalue weighted by Gasteiger charge is -2.12. The molecule has 0 fully saturated rings. The van der Waals surface area contributed by atoms with Crippen molar-refractivity contribution in [3.8, 4) is 34.1 Å². The molecule has 0 bridgehead atoms. The number of rotatable bonds is 6. The number of nitrogens with zero attached hydrogens (tertiary/aromatic N) is 2. The fraction of sp³-hybridized carbons (Fsp3) is 0.273. The third-order valence-corrected chi connectivity index (χ3v) is 4.49. The van der Waals surface area contributed by atoms with Crippen LogP contribution in [0.5, 0.6) is 11.5 Å². The summed E-state index contributed by atoms with van der Waals surface area (Å²) in [4.78, 5) is 21.7. The summed E-state index contributed by atoms with van der Waals surface area (Å²) >= 11 is 0. The Hall–Kier alpha value is -3.28. The number of methoxy groups -OCH3 is 1. The Morgan fingerprint density at radius 1 is 1.07 bits per heavy atom. The normalized spacial score (nSPS) is 10.6. The Labute approximate surface area is 165 Å². The highest BCUT2D eigenvalue weighted by atomic mass is 16.6. The number of nitrogens with one attached hydrogen (secondary N) is 1. The maximum absolute atomic E-state index is 11.6. The first-order chi connectivity index (χ1) is 13.4. The molecule has 0 aliphatic rings. The Morgan fingerprint density at radius 2 is 1.75 bits per heavy atom. The number of aromatic nitrogens is 2. The summed E-state index contributed by atoms with van der Waals surface area (Å²) in [6.07, 6.45) is 0.304. The number of anilines is 1. The number of H-pyrrole nitrogens is 1. The second-order valence-electron chi connectivity index (χ2n) is 6.69. The maximum atomic E-state index is 11.6. The van der Waals surface area contributed by atoms with Gasteiger partial charge in [-0.2, -0.15) is 0 Å². The van der Waals surface area contributed by atoms with Crippen molar-refractivity contribution < 1.29 is 14.3 Å². The largest absolute Gasteiger partial charge is 0.493 e. The van der Waals surface area contributed by atoms with Crippen molar-refractivity contribution in [1.82, 2.24) is 9.97 Å². The summed E-state index contributed by atoms with van der Waals surface area (Å²) in [6.45, 7) is 3.75. The van der Waals surface area contributed by atoms with E-state index in [0.29, 0.717) is 17.9 Å². The maximum Gasteiger partial charge on any atom is 0.311 e. The van der Waals surface area contributed by atoms with Gasteiger partial charge in [0.05, 0.1) is 12.8 Å². The van der Waals surface area contributed by atoms with Crippen molar-refractivity contribution in [2.24, 2.45) is 0 Å². The van der Waals surface area contributed by atoms with E-state index in [2.05, 4.69) is 34.1 Å². The zero-order valence-corrected chi connectivity index (χ0v) is 16.9. The molecule has 0 aliphatic heterocycles. The Morgan fingerprint density at radius 3 is 2.36 bits per heavy atom. The second-order valence-corrected chi connectivity index (χ2v) is 6.69. The van der Waals surface area contributed by atoms with Crippen LogP contribution in [0.4, 0.5) is 5.69 Å². The molecule has 0 aliphatic carbocycles. The number of hydrogen-bond donors (Lipinski definition) is 1. The third-order valence-electron chi connectivity index (χ3n) is 4.49. The summed E-state index contributed by atoms with van der Waals surface area (Å²) in [6, 6.07) is 13.7. The van der Waals surface area contributed by atoms with Crippen LogP contribution >= 0.6 is 0 Å². The number of hydrogen-bond acceptors (Lipinski definition) is 5. The molecule has 146 valence electrons. The van der Waals surface area contributed by atoms with Crippen LogP contribution in [-0.2, 0) is 4.79 Å². The minimum atomic E-state index is -0.302. The van der Waals surface area contributed by atoms with E-state index < -0.39 is 0 Å². The molecule has 0 radical (unpaired) electrons. The van der Waals surface area contributed by atoms with E-state index in [-0.39, 0.29) is 5.97 Å². The van der Waals surface area contributed by atoms with Crippen molar-refractivity contribution >= 4 is 11.7 Å². The number of carbonyl (C=O) groups excluding carboxylic acids is 1. The number of aryl methyl sites for hydroxylation is 1. The van der Waals surface area contributed by atoms with Gasteiger partial charge >= 0.3 is 5.97 Å². The molecule has 3 aromatic rings. The van der Waals surface area contributed by atoms with Gasteiger partial charge in [0.1, 0.15) is 5.82 Å². The van der Waals surface area contributed by atoms with E-state index in [9.17, 15) is 4.79 Å². The molecular weight excluding hydrogens is 354 g/mol. The molecule has 1 N–H and O–H groups in total. The van der Waals surface area contributed by atoms with Crippen LogP contribution in [0.25, 0.3) is 22.6 Å². The molecule has 0 spiro atoms. The van der Waals surface area contributed by atoms with E-state index in [0.717, 1.165) is 34.0 Å². The van der Waals surface area contributed by atoms with Gasteiger partial charge in [-0.25, -0.2) is 4.98 Å². The molecule has 6 heteroatoms. The van der Waals surface area contributed by atoms with Crippen molar-refractivity contribution in [1.29, 1.82) is 0 Å². The molecule has 0 atom stereocenters. The van der Waals surface area contributed by atoms with Gasteiger partial charge < -0.3 is 19.4 Å². The Balaban J connectivity index is 1.93. The van der Waals surface area contributed by atoms with Crippen LogP contribution in [-0.4, -0.2) is 37.1 Å². The van der Waals surface area contributed by atoms with Crippen LogP contribution in [0.2, 0.25) is 0 Å². The van der Waals surface area contributed by atoms with E-state index >= 15 is 0 Å². The fourth-order valence-electron chi connectivity index (χ4n) is 2.89. The van der Waals surface area contributed by atoms with Gasteiger partial charge in [0.2, 0.25) is 0 Å². The van der Waals surface area contributed by atoms with E-state index in [1.807, 2.05) is 33.2 Å². The molecule has 0 saturated heterocycles. The lowest BCUT2D eigenvalue weighted by Crippen LogP contribution is -2.07. The minimum Gasteiger partial charge on any atom is -0.493 e. The lowest BCUT2D eigenvalue weighted by molar-refractivity contribution is -0.134. The zero-order valence-electron chi connectivity index (χ0n) is 16.9. The van der Waals surface area contributed by atoms with Crippen LogP contribution in [0, 0.1) is 6.92 Å². The van der Waals surface area contributed by atoms with Crippen molar-refractivity contribution in [3.63, 3.8) is 0 Å². The highest BCUT2D eigenvalue weighted by molar-refractivity contribution is 5.74. The van der Waals surface area contributed by atoms with E-state index in [1.54, 1.807) is 20.1 Å². The topological polar surface area (TPSA) is 67.5 Å². The monoisotopic (exact) mass is 379 g/mol. The number of ether oxygens (including phenoxy) is 2. The minimum absolute atomic E-state index is 0.302. The predicted octanol–water partition coefficient (Wildman–Crippen LogP) is 4.44. The second kappa shape index (κ2) is 8.17. The molecule has 2 aromatic carbocycles. The van der Waals surface area contributed by atoms with Crippen molar-refractivity contribution in [2.75, 3.05) is 26.1 Å². The van der Waals surface area contributed by atoms with Gasteiger partial charge in [-0.3, -0.25) is 4.79 Å². The molecule has 0 amide bonds. The van der Waals surface area contributed by atoms with Crippen LogP contribution in [0.3, 0.4) is 0 Å². The summed E-state index contributed by atoms with van der Waals surface area (Å²) in [7, 11) is 5.58. The first kappa shape index (κ1) is 19.5. The number of carbonyl (C=O) groups is 1. The lowest BCUT2D eigenvalue weighted by atomic mass is 10.1. The molecule has 1 aromatic heterocycles. The van der Waals surface area contributed by atoms with Crippen LogP contribution in [0.1, 0.15) is 19.0 Å². The first-order valence-corrected chi connectivity index (χ1v) is 9.16. The molecule has 0 saturated carbocycles. The highest BCUT2D eigenvalue weighted by Gasteiger charge is 2.14. The van der Waals surface area contributed by atoms with Crippen LogP contribution in [0.15, 0.2) is 42.5 Å². The quantitative estimate of drug-likeness (QED) is 0.506. The van der Waals surface area contributed by atoms with Gasteiger partial charge in [0.15, 0.2) is 11.5 Å². The third kappa shape index (κ3) is 4.01. The van der Waals surface area contributed by atoms with Gasteiger partial charge in [-0.05, 0) is 37.3 Å². The smallest absolute Gasteiger partial charge is 0.311 e. The van der Waals surface area contributed by atoms with Crippen molar-refractivity contribution in [3.05, 3.63) is 48.2 Å².